The van der Waals surface area contributed by atoms with Crippen LogP contribution in [0.4, 0.5) is 0 Å². The van der Waals surface area contributed by atoms with E-state index < -0.39 is 11.9 Å². The zero-order valence-corrected chi connectivity index (χ0v) is 11.5. The van der Waals surface area contributed by atoms with Crippen molar-refractivity contribution < 1.29 is 14.7 Å². The Morgan fingerprint density at radius 1 is 1.60 bits per heavy atom. The summed E-state index contributed by atoms with van der Waals surface area (Å²) >= 11 is 0. The Morgan fingerprint density at radius 2 is 2.40 bits per heavy atom. The number of carboxylic acid groups (broad SMARTS) is 1. The highest BCUT2D eigenvalue weighted by Crippen LogP contribution is 2.12. The number of aromatic nitrogens is 2. The predicted octanol–water partition coefficient (Wildman–Crippen LogP) is 0.0411. The zero-order chi connectivity index (χ0) is 14.5. The summed E-state index contributed by atoms with van der Waals surface area (Å²) in [6.45, 7) is 2.68. The largest absolute Gasteiger partial charge is 0.481 e. The molecule has 0 bridgehead atoms. The number of H-pyrrole nitrogens is 1. The molecule has 0 fully saturated rings. The van der Waals surface area contributed by atoms with Gasteiger partial charge in [-0.2, -0.15) is 0 Å². The molecule has 1 aromatic rings. The summed E-state index contributed by atoms with van der Waals surface area (Å²) in [6, 6.07) is -0.345. The molecule has 0 saturated heterocycles. The summed E-state index contributed by atoms with van der Waals surface area (Å²) in [5.74, 6) is -1.55. The number of amides is 1. The molecule has 7 nitrogen and oxygen atoms in total. The molecular formula is C13H20N4O3. The predicted molar refractivity (Wildman–Crippen MR) is 72.0 cm³/mol. The van der Waals surface area contributed by atoms with Crippen molar-refractivity contribution >= 4 is 11.9 Å². The molecule has 0 spiro atoms. The second-order valence-electron chi connectivity index (χ2n) is 5.03. The Hall–Kier alpha value is -1.89. The van der Waals surface area contributed by atoms with Gasteiger partial charge in [0.25, 0.3) is 0 Å². The van der Waals surface area contributed by atoms with Crippen molar-refractivity contribution in [1.29, 1.82) is 0 Å². The summed E-state index contributed by atoms with van der Waals surface area (Å²) in [7, 11) is 0. The van der Waals surface area contributed by atoms with Gasteiger partial charge in [-0.3, -0.25) is 14.9 Å². The monoisotopic (exact) mass is 280 g/mol. The van der Waals surface area contributed by atoms with Crippen molar-refractivity contribution in [3.8, 4) is 0 Å². The van der Waals surface area contributed by atoms with Gasteiger partial charge in [-0.1, -0.05) is 13.3 Å². The van der Waals surface area contributed by atoms with Gasteiger partial charge >= 0.3 is 5.97 Å². The van der Waals surface area contributed by atoms with E-state index in [4.69, 9.17) is 5.11 Å². The molecule has 2 rings (SSSR count). The first-order valence-corrected chi connectivity index (χ1v) is 6.86. The topological polar surface area (TPSA) is 107 Å². The fourth-order valence-electron chi connectivity index (χ4n) is 2.36. The number of carbonyl (C=O) groups is 2. The molecule has 1 amide bonds. The lowest BCUT2D eigenvalue weighted by atomic mass is 10.0. The molecule has 7 heteroatoms. The third-order valence-corrected chi connectivity index (χ3v) is 3.56. The van der Waals surface area contributed by atoms with Crippen LogP contribution in [0.1, 0.15) is 31.2 Å². The quantitative estimate of drug-likeness (QED) is 0.588. The minimum atomic E-state index is -0.863. The molecular weight excluding hydrogens is 260 g/mol. The highest BCUT2D eigenvalue weighted by molar-refractivity contribution is 5.83. The van der Waals surface area contributed by atoms with E-state index in [-0.39, 0.29) is 18.5 Å². The number of rotatable bonds is 6. The maximum Gasteiger partial charge on any atom is 0.308 e. The molecule has 2 heterocycles. The minimum absolute atomic E-state index is 0.166. The first-order valence-electron chi connectivity index (χ1n) is 6.86. The molecule has 2 unspecified atom stereocenters. The van der Waals surface area contributed by atoms with Crippen molar-refractivity contribution in [1.82, 2.24) is 20.6 Å². The highest BCUT2D eigenvalue weighted by atomic mass is 16.4. The lowest BCUT2D eigenvalue weighted by molar-refractivity contribution is -0.142. The van der Waals surface area contributed by atoms with Crippen molar-refractivity contribution in [2.75, 3.05) is 6.54 Å². The first kappa shape index (κ1) is 14.5. The van der Waals surface area contributed by atoms with Gasteiger partial charge in [0.05, 0.1) is 29.7 Å². The first-order chi connectivity index (χ1) is 9.61. The fourth-order valence-corrected chi connectivity index (χ4v) is 2.36. The third kappa shape index (κ3) is 3.36. The molecule has 4 N–H and O–H groups in total. The lowest BCUT2D eigenvalue weighted by Gasteiger charge is -2.23. The van der Waals surface area contributed by atoms with Crippen LogP contribution in [-0.4, -0.2) is 39.5 Å². The molecule has 0 aliphatic carbocycles. The van der Waals surface area contributed by atoms with Gasteiger partial charge in [-0.15, -0.1) is 0 Å². The van der Waals surface area contributed by atoms with Crippen LogP contribution < -0.4 is 10.6 Å². The van der Waals surface area contributed by atoms with Gasteiger partial charge in [0, 0.05) is 19.5 Å². The minimum Gasteiger partial charge on any atom is -0.481 e. The Morgan fingerprint density at radius 3 is 3.10 bits per heavy atom. The normalized spacial score (nSPS) is 19.1. The van der Waals surface area contributed by atoms with E-state index in [2.05, 4.69) is 20.6 Å². The van der Waals surface area contributed by atoms with Crippen molar-refractivity contribution in [2.45, 2.75) is 38.8 Å². The van der Waals surface area contributed by atoms with E-state index in [1.807, 2.05) is 6.92 Å². The number of hydrogen-bond acceptors (Lipinski definition) is 4. The Bertz CT molecular complexity index is 486. The van der Waals surface area contributed by atoms with Gasteiger partial charge in [-0.25, -0.2) is 4.98 Å². The van der Waals surface area contributed by atoms with Gasteiger partial charge in [0.1, 0.15) is 0 Å². The van der Waals surface area contributed by atoms with Gasteiger partial charge in [0.2, 0.25) is 5.91 Å². The molecule has 0 saturated carbocycles. The fraction of sp³-hybridized carbons (Fsp3) is 0.615. The summed E-state index contributed by atoms with van der Waals surface area (Å²) in [6.07, 6.45) is 3.49. The Labute approximate surface area is 117 Å². The van der Waals surface area contributed by atoms with E-state index in [0.717, 1.165) is 17.8 Å². The SMILES string of the molecule is CCCC(CNC(=O)C1Cc2nc[nH]c2CN1)C(=O)O. The number of hydrogen-bond donors (Lipinski definition) is 4. The maximum atomic E-state index is 12.1. The van der Waals surface area contributed by atoms with Crippen LogP contribution in [0, 0.1) is 5.92 Å². The number of carboxylic acids is 1. The number of nitrogens with zero attached hydrogens (tertiary/aromatic N) is 1. The number of aromatic amines is 1. The van der Waals surface area contributed by atoms with E-state index in [1.165, 1.54) is 0 Å². The zero-order valence-electron chi connectivity index (χ0n) is 11.5. The van der Waals surface area contributed by atoms with Gasteiger partial charge in [0.15, 0.2) is 0 Å². The summed E-state index contributed by atoms with van der Waals surface area (Å²) < 4.78 is 0. The summed E-state index contributed by atoms with van der Waals surface area (Å²) in [4.78, 5) is 30.3. The second kappa shape index (κ2) is 6.51. The summed E-state index contributed by atoms with van der Waals surface area (Å²) in [5.41, 5.74) is 1.90. The van der Waals surface area contributed by atoms with Crippen molar-refractivity contribution in [2.24, 2.45) is 5.92 Å². The summed E-state index contributed by atoms with van der Waals surface area (Å²) in [5, 5.41) is 14.9. The van der Waals surface area contributed by atoms with Gasteiger partial charge in [-0.05, 0) is 6.42 Å². The average molecular weight is 280 g/mol. The Kier molecular flexibility index (Phi) is 4.73. The second-order valence-corrected chi connectivity index (χ2v) is 5.03. The lowest BCUT2D eigenvalue weighted by Crippen LogP contribution is -2.49. The number of fused-ring (bicyclic) bond motifs is 1. The molecule has 1 aliphatic heterocycles. The van der Waals surface area contributed by atoms with E-state index in [1.54, 1.807) is 6.33 Å². The van der Waals surface area contributed by atoms with Crippen LogP contribution in [0.25, 0.3) is 0 Å². The van der Waals surface area contributed by atoms with Crippen LogP contribution in [0.15, 0.2) is 6.33 Å². The molecule has 20 heavy (non-hydrogen) atoms. The van der Waals surface area contributed by atoms with E-state index in [9.17, 15) is 9.59 Å². The molecule has 0 radical (unpaired) electrons. The maximum absolute atomic E-state index is 12.1. The van der Waals surface area contributed by atoms with Crippen LogP contribution in [0.3, 0.4) is 0 Å². The smallest absolute Gasteiger partial charge is 0.308 e. The molecule has 1 aliphatic rings. The molecule has 2 atom stereocenters. The number of imidazole rings is 1. The van der Waals surface area contributed by atoms with Crippen molar-refractivity contribution in [3.63, 3.8) is 0 Å². The van der Waals surface area contributed by atoms with Crippen LogP contribution in [-0.2, 0) is 22.6 Å². The van der Waals surface area contributed by atoms with Crippen LogP contribution in [0.5, 0.6) is 0 Å². The molecule has 110 valence electrons. The number of carbonyl (C=O) groups excluding carboxylic acids is 1. The standard InChI is InChI=1S/C13H20N4O3/c1-2-3-8(13(19)20)5-15-12(18)10-4-9-11(6-14-10)17-7-16-9/h7-8,10,14H,2-6H2,1H3,(H,15,18)(H,16,17)(H,19,20). The number of aliphatic carboxylic acids is 1. The van der Waals surface area contributed by atoms with E-state index in [0.29, 0.717) is 19.4 Å². The van der Waals surface area contributed by atoms with Crippen molar-refractivity contribution in [3.05, 3.63) is 17.7 Å². The van der Waals surface area contributed by atoms with Crippen LogP contribution in [0.2, 0.25) is 0 Å². The van der Waals surface area contributed by atoms with E-state index >= 15 is 0 Å². The highest BCUT2D eigenvalue weighted by Gasteiger charge is 2.26. The number of nitrogens with one attached hydrogen (secondary N) is 3. The third-order valence-electron chi connectivity index (χ3n) is 3.56. The molecule has 0 aromatic carbocycles. The van der Waals surface area contributed by atoms with Gasteiger partial charge < -0.3 is 15.4 Å². The average Bonchev–Trinajstić information content (AvgIpc) is 2.89. The molecule has 1 aromatic heterocycles. The Balaban J connectivity index is 1.85. The van der Waals surface area contributed by atoms with Crippen LogP contribution >= 0.6 is 0 Å².